The van der Waals surface area contributed by atoms with Gasteiger partial charge in [-0.1, -0.05) is 6.42 Å². The molecule has 2 atom stereocenters. The first-order chi connectivity index (χ1) is 8.79. The van der Waals surface area contributed by atoms with Gasteiger partial charge in [0.05, 0.1) is 0 Å². The maximum Gasteiger partial charge on any atom is 0.224 e. The van der Waals surface area contributed by atoms with Crippen LogP contribution in [0.3, 0.4) is 0 Å². The predicted octanol–water partition coefficient (Wildman–Crippen LogP) is 2.60. The van der Waals surface area contributed by atoms with E-state index >= 15 is 0 Å². The van der Waals surface area contributed by atoms with E-state index in [9.17, 15) is 0 Å². The second kappa shape index (κ2) is 4.75. The van der Waals surface area contributed by atoms with Crippen LogP contribution in [-0.2, 0) is 0 Å². The van der Waals surface area contributed by atoms with Gasteiger partial charge in [-0.15, -0.1) is 0 Å². The summed E-state index contributed by atoms with van der Waals surface area (Å²) >= 11 is 0. The summed E-state index contributed by atoms with van der Waals surface area (Å²) in [4.78, 5) is 11.5. The fourth-order valence-corrected chi connectivity index (χ4v) is 3.56. The SMILES string of the molecule is CNc1ncc(C)c(N2CCCC3CCCC32)n1. The predicted molar refractivity (Wildman–Crippen MR) is 74.0 cm³/mol. The summed E-state index contributed by atoms with van der Waals surface area (Å²) < 4.78 is 0. The fourth-order valence-electron chi connectivity index (χ4n) is 3.56. The molecule has 0 amide bonds. The number of nitrogens with zero attached hydrogens (tertiary/aromatic N) is 3. The summed E-state index contributed by atoms with van der Waals surface area (Å²) in [6, 6.07) is 0.719. The van der Waals surface area contributed by atoms with Crippen LogP contribution < -0.4 is 10.2 Å². The molecule has 2 fully saturated rings. The number of hydrogen-bond acceptors (Lipinski definition) is 4. The Labute approximate surface area is 109 Å². The molecule has 2 heterocycles. The minimum absolute atomic E-state index is 0.719. The van der Waals surface area contributed by atoms with E-state index in [0.717, 1.165) is 30.3 Å². The summed E-state index contributed by atoms with van der Waals surface area (Å²) in [5.41, 5.74) is 1.20. The second-order valence-electron chi connectivity index (χ2n) is 5.54. The highest BCUT2D eigenvalue weighted by molar-refractivity contribution is 5.50. The molecular weight excluding hydrogens is 224 g/mol. The first kappa shape index (κ1) is 11.8. The van der Waals surface area contributed by atoms with E-state index in [-0.39, 0.29) is 0 Å². The zero-order valence-electron chi connectivity index (χ0n) is 11.3. The first-order valence-corrected chi connectivity index (χ1v) is 7.07. The largest absolute Gasteiger partial charge is 0.357 e. The Bertz CT molecular complexity index is 432. The van der Waals surface area contributed by atoms with Gasteiger partial charge >= 0.3 is 0 Å². The summed E-state index contributed by atoms with van der Waals surface area (Å²) in [6.07, 6.45) is 8.78. The van der Waals surface area contributed by atoms with Crippen molar-refractivity contribution in [3.05, 3.63) is 11.8 Å². The van der Waals surface area contributed by atoms with Crippen LogP contribution >= 0.6 is 0 Å². The van der Waals surface area contributed by atoms with Gasteiger partial charge in [-0.05, 0) is 38.5 Å². The Hall–Kier alpha value is -1.32. The van der Waals surface area contributed by atoms with Gasteiger partial charge in [0.1, 0.15) is 5.82 Å². The lowest BCUT2D eigenvalue weighted by molar-refractivity contribution is 0.360. The quantitative estimate of drug-likeness (QED) is 0.871. The van der Waals surface area contributed by atoms with Crippen molar-refractivity contribution in [3.63, 3.8) is 0 Å². The molecule has 4 heteroatoms. The molecule has 2 unspecified atom stereocenters. The number of rotatable bonds is 2. The molecule has 1 saturated heterocycles. The summed E-state index contributed by atoms with van der Waals surface area (Å²) in [5.74, 6) is 2.77. The third-order valence-corrected chi connectivity index (χ3v) is 4.43. The summed E-state index contributed by atoms with van der Waals surface area (Å²) in [7, 11) is 1.88. The number of fused-ring (bicyclic) bond motifs is 1. The van der Waals surface area contributed by atoms with Gasteiger partial charge in [-0.3, -0.25) is 0 Å². The Morgan fingerprint density at radius 2 is 2.11 bits per heavy atom. The Morgan fingerprint density at radius 1 is 1.28 bits per heavy atom. The number of aryl methyl sites for hydroxylation is 1. The van der Waals surface area contributed by atoms with Crippen molar-refractivity contribution in [1.29, 1.82) is 0 Å². The van der Waals surface area contributed by atoms with E-state index in [0.29, 0.717) is 0 Å². The van der Waals surface area contributed by atoms with Crippen LogP contribution in [0.25, 0.3) is 0 Å². The van der Waals surface area contributed by atoms with Crippen molar-refractivity contribution in [2.75, 3.05) is 23.8 Å². The number of hydrogen-bond donors (Lipinski definition) is 1. The van der Waals surface area contributed by atoms with Crippen molar-refractivity contribution < 1.29 is 0 Å². The molecule has 0 aromatic carbocycles. The van der Waals surface area contributed by atoms with Gasteiger partial charge < -0.3 is 10.2 Å². The highest BCUT2D eigenvalue weighted by Crippen LogP contribution is 2.39. The number of piperidine rings is 1. The summed E-state index contributed by atoms with van der Waals surface area (Å²) in [6.45, 7) is 3.27. The van der Waals surface area contributed by atoms with E-state index in [4.69, 9.17) is 0 Å². The lowest BCUT2D eigenvalue weighted by Gasteiger charge is -2.39. The van der Waals surface area contributed by atoms with Crippen LogP contribution in [0.1, 0.15) is 37.7 Å². The van der Waals surface area contributed by atoms with E-state index in [1.165, 1.54) is 37.7 Å². The highest BCUT2D eigenvalue weighted by Gasteiger charge is 2.36. The van der Waals surface area contributed by atoms with Crippen molar-refractivity contribution in [2.24, 2.45) is 5.92 Å². The molecule has 18 heavy (non-hydrogen) atoms. The van der Waals surface area contributed by atoms with Crippen molar-refractivity contribution in [1.82, 2.24) is 9.97 Å². The normalized spacial score (nSPS) is 27.1. The monoisotopic (exact) mass is 246 g/mol. The molecule has 1 saturated carbocycles. The smallest absolute Gasteiger partial charge is 0.224 e. The molecular formula is C14H22N4. The minimum atomic E-state index is 0.719. The van der Waals surface area contributed by atoms with Crippen LogP contribution in [0, 0.1) is 12.8 Å². The number of anilines is 2. The third kappa shape index (κ3) is 1.93. The molecule has 1 aliphatic heterocycles. The average molecular weight is 246 g/mol. The molecule has 3 rings (SSSR count). The average Bonchev–Trinajstić information content (AvgIpc) is 2.87. The standard InChI is InChI=1S/C14H22N4/c1-10-9-16-14(15-2)17-13(10)18-8-4-6-11-5-3-7-12(11)18/h9,11-12H,3-8H2,1-2H3,(H,15,16,17). The number of aromatic nitrogens is 2. The molecule has 1 N–H and O–H groups in total. The van der Waals surface area contributed by atoms with E-state index in [2.05, 4.69) is 27.1 Å². The van der Waals surface area contributed by atoms with Gasteiger partial charge in [0, 0.05) is 31.4 Å². The van der Waals surface area contributed by atoms with E-state index in [1.807, 2.05) is 13.2 Å². The maximum atomic E-state index is 4.68. The van der Waals surface area contributed by atoms with Crippen LogP contribution in [0.2, 0.25) is 0 Å². The van der Waals surface area contributed by atoms with Crippen LogP contribution in [0.15, 0.2) is 6.20 Å². The molecule has 0 bridgehead atoms. The first-order valence-electron chi connectivity index (χ1n) is 7.07. The van der Waals surface area contributed by atoms with Crippen LogP contribution in [0.5, 0.6) is 0 Å². The minimum Gasteiger partial charge on any atom is -0.357 e. The topological polar surface area (TPSA) is 41.1 Å². The molecule has 1 aromatic heterocycles. The molecule has 0 spiro atoms. The summed E-state index contributed by atoms with van der Waals surface area (Å²) in [5, 5.41) is 3.04. The Morgan fingerprint density at radius 3 is 2.94 bits per heavy atom. The lowest BCUT2D eigenvalue weighted by atomic mass is 9.92. The molecule has 0 radical (unpaired) electrons. The van der Waals surface area contributed by atoms with Crippen LogP contribution in [-0.4, -0.2) is 29.6 Å². The van der Waals surface area contributed by atoms with Crippen molar-refractivity contribution in [2.45, 2.75) is 45.1 Å². The third-order valence-electron chi connectivity index (χ3n) is 4.43. The fraction of sp³-hybridized carbons (Fsp3) is 0.714. The second-order valence-corrected chi connectivity index (χ2v) is 5.54. The van der Waals surface area contributed by atoms with E-state index < -0.39 is 0 Å². The zero-order valence-corrected chi connectivity index (χ0v) is 11.3. The van der Waals surface area contributed by atoms with Gasteiger partial charge in [-0.2, -0.15) is 4.98 Å². The number of nitrogens with one attached hydrogen (secondary N) is 1. The molecule has 4 nitrogen and oxygen atoms in total. The molecule has 98 valence electrons. The molecule has 1 aliphatic carbocycles. The van der Waals surface area contributed by atoms with Crippen molar-refractivity contribution >= 4 is 11.8 Å². The lowest BCUT2D eigenvalue weighted by Crippen LogP contribution is -2.43. The highest BCUT2D eigenvalue weighted by atomic mass is 15.3. The Kier molecular flexibility index (Phi) is 3.10. The van der Waals surface area contributed by atoms with Crippen molar-refractivity contribution in [3.8, 4) is 0 Å². The Balaban J connectivity index is 1.93. The van der Waals surface area contributed by atoms with Gasteiger partial charge in [-0.25, -0.2) is 4.98 Å². The molecule has 2 aliphatic rings. The van der Waals surface area contributed by atoms with Gasteiger partial charge in [0.25, 0.3) is 0 Å². The van der Waals surface area contributed by atoms with Crippen LogP contribution in [0.4, 0.5) is 11.8 Å². The van der Waals surface area contributed by atoms with E-state index in [1.54, 1.807) is 0 Å². The van der Waals surface area contributed by atoms with Gasteiger partial charge in [0.2, 0.25) is 5.95 Å². The maximum absolute atomic E-state index is 4.68. The zero-order chi connectivity index (χ0) is 12.5. The van der Waals surface area contributed by atoms with Gasteiger partial charge in [0.15, 0.2) is 0 Å². The molecule has 1 aromatic rings.